The number of hydrogen-bond donors (Lipinski definition) is 2. The van der Waals surface area contributed by atoms with Crippen LogP contribution in [0.5, 0.6) is 0 Å². The van der Waals surface area contributed by atoms with E-state index in [0.29, 0.717) is 18.8 Å². The number of para-hydroxylation sites is 1. The third-order valence-corrected chi connectivity index (χ3v) is 3.73. The molecule has 0 bridgehead atoms. The number of benzene rings is 2. The number of aliphatic hydroxyl groups is 1. The van der Waals surface area contributed by atoms with Crippen LogP contribution in [0.25, 0.3) is 0 Å². The van der Waals surface area contributed by atoms with Gasteiger partial charge in [-0.2, -0.15) is 0 Å². The molecule has 0 heterocycles. The number of nitrogens with one attached hydrogen (secondary N) is 1. The Morgan fingerprint density at radius 3 is 2.23 bits per heavy atom. The fraction of sp³-hybridized carbons (Fsp3) is 0.250. The molecule has 0 fully saturated rings. The molecule has 0 atom stereocenters. The SMILES string of the molecule is CS(=O)(=O)Nc1ccc(CN(CCO)c2ccccc2)cc1. The minimum atomic E-state index is -3.26. The van der Waals surface area contributed by atoms with Gasteiger partial charge < -0.3 is 10.0 Å². The first-order valence-corrected chi connectivity index (χ1v) is 8.85. The number of sulfonamides is 1. The Labute approximate surface area is 131 Å². The van der Waals surface area contributed by atoms with E-state index in [4.69, 9.17) is 0 Å². The van der Waals surface area contributed by atoms with Gasteiger partial charge >= 0.3 is 0 Å². The van der Waals surface area contributed by atoms with Gasteiger partial charge in [-0.25, -0.2) is 8.42 Å². The van der Waals surface area contributed by atoms with E-state index >= 15 is 0 Å². The standard InChI is InChI=1S/C16H20N2O3S/c1-22(20,21)17-15-9-7-14(8-10-15)13-18(11-12-19)16-5-3-2-4-6-16/h2-10,17,19H,11-13H2,1H3. The zero-order valence-corrected chi connectivity index (χ0v) is 13.3. The Morgan fingerprint density at radius 2 is 1.68 bits per heavy atom. The van der Waals surface area contributed by atoms with Crippen molar-refractivity contribution in [1.82, 2.24) is 0 Å². The molecule has 6 heteroatoms. The summed E-state index contributed by atoms with van der Waals surface area (Å²) in [7, 11) is -3.26. The topological polar surface area (TPSA) is 69.6 Å². The van der Waals surface area contributed by atoms with Gasteiger partial charge in [0.05, 0.1) is 12.9 Å². The van der Waals surface area contributed by atoms with Crippen molar-refractivity contribution in [2.45, 2.75) is 6.54 Å². The van der Waals surface area contributed by atoms with Crippen molar-refractivity contribution in [3.05, 3.63) is 60.2 Å². The van der Waals surface area contributed by atoms with Crippen LogP contribution in [0.3, 0.4) is 0 Å². The van der Waals surface area contributed by atoms with Gasteiger partial charge in [-0.15, -0.1) is 0 Å². The first-order valence-electron chi connectivity index (χ1n) is 6.95. The molecule has 0 unspecified atom stereocenters. The van der Waals surface area contributed by atoms with Crippen molar-refractivity contribution in [2.75, 3.05) is 29.0 Å². The predicted molar refractivity (Wildman–Crippen MR) is 89.5 cm³/mol. The van der Waals surface area contributed by atoms with E-state index in [2.05, 4.69) is 9.62 Å². The highest BCUT2D eigenvalue weighted by atomic mass is 32.2. The van der Waals surface area contributed by atoms with Gasteiger partial charge in [0.1, 0.15) is 0 Å². The van der Waals surface area contributed by atoms with Crippen LogP contribution >= 0.6 is 0 Å². The number of hydrogen-bond acceptors (Lipinski definition) is 4. The molecule has 0 spiro atoms. The number of aliphatic hydroxyl groups excluding tert-OH is 1. The lowest BCUT2D eigenvalue weighted by Gasteiger charge is -2.24. The zero-order valence-electron chi connectivity index (χ0n) is 12.4. The first-order chi connectivity index (χ1) is 10.5. The minimum Gasteiger partial charge on any atom is -0.395 e. The molecule has 5 nitrogen and oxygen atoms in total. The van der Waals surface area contributed by atoms with E-state index in [1.165, 1.54) is 0 Å². The summed E-state index contributed by atoms with van der Waals surface area (Å²) in [5.41, 5.74) is 2.62. The van der Waals surface area contributed by atoms with Gasteiger partial charge in [0.2, 0.25) is 10.0 Å². The second-order valence-corrected chi connectivity index (χ2v) is 6.80. The Hall–Kier alpha value is -2.05. The third kappa shape index (κ3) is 5.05. The highest BCUT2D eigenvalue weighted by molar-refractivity contribution is 7.92. The lowest BCUT2D eigenvalue weighted by molar-refractivity contribution is 0.301. The van der Waals surface area contributed by atoms with Crippen molar-refractivity contribution in [3.8, 4) is 0 Å². The van der Waals surface area contributed by atoms with Crippen LogP contribution in [0, 0.1) is 0 Å². The van der Waals surface area contributed by atoms with E-state index in [9.17, 15) is 13.5 Å². The number of rotatable bonds is 7. The Morgan fingerprint density at radius 1 is 1.05 bits per heavy atom. The second-order valence-electron chi connectivity index (χ2n) is 5.05. The van der Waals surface area contributed by atoms with Crippen LogP contribution < -0.4 is 9.62 Å². The quantitative estimate of drug-likeness (QED) is 0.819. The highest BCUT2D eigenvalue weighted by Crippen LogP contribution is 2.18. The minimum absolute atomic E-state index is 0.0720. The number of anilines is 2. The maximum absolute atomic E-state index is 11.2. The van der Waals surface area contributed by atoms with E-state index in [-0.39, 0.29) is 6.61 Å². The summed E-state index contributed by atoms with van der Waals surface area (Å²) < 4.78 is 24.8. The first kappa shape index (κ1) is 16.3. The van der Waals surface area contributed by atoms with E-state index < -0.39 is 10.0 Å². The second kappa shape index (κ2) is 7.29. The summed E-state index contributed by atoms with van der Waals surface area (Å²) in [6.07, 6.45) is 1.12. The van der Waals surface area contributed by atoms with Crippen molar-refractivity contribution >= 4 is 21.4 Å². The van der Waals surface area contributed by atoms with E-state index in [1.54, 1.807) is 12.1 Å². The maximum atomic E-state index is 11.2. The zero-order chi connectivity index (χ0) is 16.0. The molecule has 0 saturated heterocycles. The molecule has 0 aliphatic carbocycles. The summed E-state index contributed by atoms with van der Waals surface area (Å²) >= 11 is 0. The Balaban J connectivity index is 2.10. The molecule has 0 aliphatic heterocycles. The molecule has 22 heavy (non-hydrogen) atoms. The Bertz CT molecular complexity index is 685. The predicted octanol–water partition coefficient (Wildman–Crippen LogP) is 2.06. The smallest absolute Gasteiger partial charge is 0.229 e. The summed E-state index contributed by atoms with van der Waals surface area (Å²) in [6.45, 7) is 1.25. The van der Waals surface area contributed by atoms with Gasteiger partial charge in [-0.05, 0) is 29.8 Å². The highest BCUT2D eigenvalue weighted by Gasteiger charge is 2.07. The van der Waals surface area contributed by atoms with Crippen LogP contribution in [0.2, 0.25) is 0 Å². The maximum Gasteiger partial charge on any atom is 0.229 e. The molecule has 2 aromatic carbocycles. The summed E-state index contributed by atoms with van der Waals surface area (Å²) in [5.74, 6) is 0. The average Bonchev–Trinajstić information content (AvgIpc) is 2.48. The summed E-state index contributed by atoms with van der Waals surface area (Å²) in [4.78, 5) is 2.07. The molecule has 0 aromatic heterocycles. The van der Waals surface area contributed by atoms with Gasteiger partial charge in [0, 0.05) is 24.5 Å². The van der Waals surface area contributed by atoms with Crippen molar-refractivity contribution in [1.29, 1.82) is 0 Å². The van der Waals surface area contributed by atoms with Crippen LogP contribution in [0.1, 0.15) is 5.56 Å². The molecule has 2 N–H and O–H groups in total. The van der Waals surface area contributed by atoms with Gasteiger partial charge in [0.15, 0.2) is 0 Å². The molecule has 0 radical (unpaired) electrons. The molecule has 0 amide bonds. The van der Waals surface area contributed by atoms with E-state index in [1.807, 2.05) is 42.5 Å². The van der Waals surface area contributed by atoms with Gasteiger partial charge in [0.25, 0.3) is 0 Å². The van der Waals surface area contributed by atoms with Crippen molar-refractivity contribution < 1.29 is 13.5 Å². The largest absolute Gasteiger partial charge is 0.395 e. The fourth-order valence-corrected chi connectivity index (χ4v) is 2.74. The number of nitrogens with zero attached hydrogens (tertiary/aromatic N) is 1. The summed E-state index contributed by atoms with van der Waals surface area (Å²) in [5, 5.41) is 9.23. The van der Waals surface area contributed by atoms with Crippen molar-refractivity contribution in [2.24, 2.45) is 0 Å². The van der Waals surface area contributed by atoms with Gasteiger partial charge in [-0.1, -0.05) is 30.3 Å². The lowest BCUT2D eigenvalue weighted by atomic mass is 10.2. The van der Waals surface area contributed by atoms with Crippen LogP contribution in [0.4, 0.5) is 11.4 Å². The summed E-state index contributed by atoms with van der Waals surface area (Å²) in [6, 6.07) is 17.1. The Kier molecular flexibility index (Phi) is 5.41. The average molecular weight is 320 g/mol. The molecule has 118 valence electrons. The lowest BCUT2D eigenvalue weighted by Crippen LogP contribution is -2.26. The third-order valence-electron chi connectivity index (χ3n) is 3.12. The molecule has 0 saturated carbocycles. The van der Waals surface area contributed by atoms with Gasteiger partial charge in [-0.3, -0.25) is 4.72 Å². The molecular formula is C16H20N2O3S. The van der Waals surface area contributed by atoms with Crippen LogP contribution in [-0.4, -0.2) is 32.9 Å². The van der Waals surface area contributed by atoms with Crippen molar-refractivity contribution in [3.63, 3.8) is 0 Å². The van der Waals surface area contributed by atoms with E-state index in [0.717, 1.165) is 17.5 Å². The molecular weight excluding hydrogens is 300 g/mol. The van der Waals surface area contributed by atoms with Crippen LogP contribution in [0.15, 0.2) is 54.6 Å². The molecule has 2 rings (SSSR count). The molecule has 2 aromatic rings. The molecule has 0 aliphatic rings. The fourth-order valence-electron chi connectivity index (χ4n) is 2.17. The monoisotopic (exact) mass is 320 g/mol. The normalized spacial score (nSPS) is 11.2. The van der Waals surface area contributed by atoms with Crippen LogP contribution in [-0.2, 0) is 16.6 Å².